The molecule has 0 aromatic heterocycles. The third-order valence-corrected chi connectivity index (χ3v) is 3.31. The van der Waals surface area contributed by atoms with Gasteiger partial charge in [-0.15, -0.1) is 0 Å². The fourth-order valence-corrected chi connectivity index (χ4v) is 2.29. The van der Waals surface area contributed by atoms with E-state index in [9.17, 15) is 0 Å². The lowest BCUT2D eigenvalue weighted by atomic mass is 10.2. The van der Waals surface area contributed by atoms with Crippen molar-refractivity contribution in [3.63, 3.8) is 0 Å². The first-order valence-corrected chi connectivity index (χ1v) is 7.33. The van der Waals surface area contributed by atoms with Gasteiger partial charge in [-0.1, -0.05) is 29.8 Å². The number of nitrogens with one attached hydrogen (secondary N) is 1. The Labute approximate surface area is 130 Å². The van der Waals surface area contributed by atoms with Gasteiger partial charge in [0, 0.05) is 17.1 Å². The van der Waals surface area contributed by atoms with E-state index in [-0.39, 0.29) is 0 Å². The van der Waals surface area contributed by atoms with Gasteiger partial charge in [0.2, 0.25) is 0 Å². The maximum absolute atomic E-state index is 5.92. The molecule has 0 spiro atoms. The van der Waals surface area contributed by atoms with Gasteiger partial charge < -0.3 is 14.8 Å². The molecule has 112 valence electrons. The fraction of sp³-hybridized carbons (Fsp3) is 0.294. The van der Waals surface area contributed by atoms with Gasteiger partial charge in [-0.2, -0.15) is 0 Å². The fourth-order valence-electron chi connectivity index (χ4n) is 2.06. The molecule has 2 rings (SSSR count). The van der Waals surface area contributed by atoms with Crippen LogP contribution in [-0.4, -0.2) is 20.3 Å². The molecule has 1 N–H and O–H groups in total. The highest BCUT2D eigenvalue weighted by atomic mass is 35.5. The summed E-state index contributed by atoms with van der Waals surface area (Å²) in [5, 5.41) is 3.85. The third kappa shape index (κ3) is 4.66. The number of aryl methyl sites for hydroxylation is 1. The summed E-state index contributed by atoms with van der Waals surface area (Å²) in [7, 11) is 1.92. The molecule has 0 aliphatic heterocycles. The molecule has 0 unspecified atom stereocenters. The van der Waals surface area contributed by atoms with Crippen LogP contribution in [0, 0.1) is 6.92 Å². The van der Waals surface area contributed by atoms with Crippen LogP contribution in [0.2, 0.25) is 5.02 Å². The summed E-state index contributed by atoms with van der Waals surface area (Å²) in [5.41, 5.74) is 2.17. The summed E-state index contributed by atoms with van der Waals surface area (Å²) in [6.45, 7) is 3.76. The Morgan fingerprint density at radius 1 is 1.00 bits per heavy atom. The first-order valence-electron chi connectivity index (χ1n) is 6.95. The molecule has 0 bridgehead atoms. The zero-order valence-corrected chi connectivity index (χ0v) is 13.1. The molecule has 0 atom stereocenters. The van der Waals surface area contributed by atoms with Crippen molar-refractivity contribution in [2.75, 3.05) is 20.3 Å². The van der Waals surface area contributed by atoms with Gasteiger partial charge in [0.15, 0.2) is 0 Å². The van der Waals surface area contributed by atoms with Crippen molar-refractivity contribution in [1.82, 2.24) is 5.32 Å². The van der Waals surface area contributed by atoms with E-state index in [1.54, 1.807) is 0 Å². The Morgan fingerprint density at radius 3 is 2.43 bits per heavy atom. The third-order valence-electron chi connectivity index (χ3n) is 3.08. The van der Waals surface area contributed by atoms with Gasteiger partial charge in [-0.25, -0.2) is 0 Å². The number of benzene rings is 2. The largest absolute Gasteiger partial charge is 0.490 e. The average molecular weight is 306 g/mol. The van der Waals surface area contributed by atoms with Crippen molar-refractivity contribution in [1.29, 1.82) is 0 Å². The van der Waals surface area contributed by atoms with E-state index in [1.165, 1.54) is 0 Å². The lowest BCUT2D eigenvalue weighted by Crippen LogP contribution is -2.12. The van der Waals surface area contributed by atoms with Crippen molar-refractivity contribution in [3.8, 4) is 11.5 Å². The molecule has 2 aromatic rings. The molecule has 21 heavy (non-hydrogen) atoms. The SMILES string of the molecule is CNCc1ccccc1OCCOc1ccc(Cl)cc1C. The lowest BCUT2D eigenvalue weighted by molar-refractivity contribution is 0.215. The van der Waals surface area contributed by atoms with Crippen LogP contribution in [0.4, 0.5) is 0 Å². The molecular weight excluding hydrogens is 286 g/mol. The number of rotatable bonds is 7. The zero-order chi connectivity index (χ0) is 15.1. The second-order valence-corrected chi connectivity index (χ2v) is 5.18. The lowest BCUT2D eigenvalue weighted by Gasteiger charge is -2.13. The van der Waals surface area contributed by atoms with Gasteiger partial charge in [0.1, 0.15) is 24.7 Å². The van der Waals surface area contributed by atoms with E-state index in [1.807, 2.05) is 50.4 Å². The summed E-state index contributed by atoms with van der Waals surface area (Å²) < 4.78 is 11.5. The molecule has 0 heterocycles. The molecule has 0 radical (unpaired) electrons. The summed E-state index contributed by atoms with van der Waals surface area (Å²) in [6, 6.07) is 13.6. The molecule has 0 amide bonds. The van der Waals surface area contributed by atoms with E-state index in [4.69, 9.17) is 21.1 Å². The average Bonchev–Trinajstić information content (AvgIpc) is 2.47. The summed E-state index contributed by atoms with van der Waals surface area (Å²) in [5.74, 6) is 1.73. The number of hydrogen-bond donors (Lipinski definition) is 1. The first-order chi connectivity index (χ1) is 10.2. The molecular formula is C17H20ClNO2. The quantitative estimate of drug-likeness (QED) is 0.789. The van der Waals surface area contributed by atoms with Crippen LogP contribution in [-0.2, 0) is 6.54 Å². The van der Waals surface area contributed by atoms with Crippen LogP contribution in [0.3, 0.4) is 0 Å². The maximum Gasteiger partial charge on any atom is 0.123 e. The van der Waals surface area contributed by atoms with Gasteiger partial charge in [-0.3, -0.25) is 0 Å². The maximum atomic E-state index is 5.92. The molecule has 2 aromatic carbocycles. The van der Waals surface area contributed by atoms with Crippen LogP contribution in [0.25, 0.3) is 0 Å². The van der Waals surface area contributed by atoms with Crippen LogP contribution < -0.4 is 14.8 Å². The van der Waals surface area contributed by atoms with Crippen LogP contribution >= 0.6 is 11.6 Å². The highest BCUT2D eigenvalue weighted by molar-refractivity contribution is 6.30. The molecule has 3 nitrogen and oxygen atoms in total. The minimum Gasteiger partial charge on any atom is -0.490 e. The number of halogens is 1. The first kappa shape index (κ1) is 15.7. The highest BCUT2D eigenvalue weighted by Gasteiger charge is 2.03. The van der Waals surface area contributed by atoms with Crippen LogP contribution in [0.5, 0.6) is 11.5 Å². The number of ether oxygens (including phenoxy) is 2. The van der Waals surface area contributed by atoms with Crippen molar-refractivity contribution < 1.29 is 9.47 Å². The molecule has 0 saturated heterocycles. The Balaban J connectivity index is 1.84. The molecule has 0 fully saturated rings. The molecule has 0 aliphatic rings. The number of hydrogen-bond acceptors (Lipinski definition) is 3. The van der Waals surface area contributed by atoms with Gasteiger partial charge in [-0.05, 0) is 43.8 Å². The monoisotopic (exact) mass is 305 g/mol. The molecule has 0 saturated carbocycles. The van der Waals surface area contributed by atoms with E-state index in [0.717, 1.165) is 34.2 Å². The highest BCUT2D eigenvalue weighted by Crippen LogP contribution is 2.22. The van der Waals surface area contributed by atoms with E-state index in [2.05, 4.69) is 11.4 Å². The Morgan fingerprint density at radius 2 is 1.71 bits per heavy atom. The van der Waals surface area contributed by atoms with E-state index in [0.29, 0.717) is 13.2 Å². The van der Waals surface area contributed by atoms with E-state index >= 15 is 0 Å². The van der Waals surface area contributed by atoms with Crippen LogP contribution in [0.1, 0.15) is 11.1 Å². The topological polar surface area (TPSA) is 30.5 Å². The Hall–Kier alpha value is -1.71. The van der Waals surface area contributed by atoms with Crippen molar-refractivity contribution in [2.45, 2.75) is 13.5 Å². The minimum absolute atomic E-state index is 0.496. The van der Waals surface area contributed by atoms with Crippen molar-refractivity contribution in [3.05, 3.63) is 58.6 Å². The van der Waals surface area contributed by atoms with Gasteiger partial charge in [0.05, 0.1) is 0 Å². The number of para-hydroxylation sites is 1. The zero-order valence-electron chi connectivity index (χ0n) is 12.4. The van der Waals surface area contributed by atoms with Crippen LogP contribution in [0.15, 0.2) is 42.5 Å². The van der Waals surface area contributed by atoms with Gasteiger partial charge >= 0.3 is 0 Å². The van der Waals surface area contributed by atoms with E-state index < -0.39 is 0 Å². The van der Waals surface area contributed by atoms with Gasteiger partial charge in [0.25, 0.3) is 0 Å². The van der Waals surface area contributed by atoms with Crippen molar-refractivity contribution in [2.24, 2.45) is 0 Å². The predicted octanol–water partition coefficient (Wildman–Crippen LogP) is 3.83. The predicted molar refractivity (Wildman–Crippen MR) is 86.4 cm³/mol. The molecule has 0 aliphatic carbocycles. The summed E-state index contributed by atoms with van der Waals surface area (Å²) in [6.07, 6.45) is 0. The smallest absolute Gasteiger partial charge is 0.123 e. The van der Waals surface area contributed by atoms with Crippen molar-refractivity contribution >= 4 is 11.6 Å². The molecule has 4 heteroatoms. The Bertz CT molecular complexity index is 587. The summed E-state index contributed by atoms with van der Waals surface area (Å²) in [4.78, 5) is 0. The second kappa shape index (κ2) is 7.91. The minimum atomic E-state index is 0.496. The Kier molecular flexibility index (Phi) is 5.90. The second-order valence-electron chi connectivity index (χ2n) is 4.74. The normalized spacial score (nSPS) is 10.4. The standard InChI is InChI=1S/C17H20ClNO2/c1-13-11-15(18)7-8-16(13)20-9-10-21-17-6-4-3-5-14(17)12-19-2/h3-8,11,19H,9-10,12H2,1-2H3. The summed E-state index contributed by atoms with van der Waals surface area (Å²) >= 11 is 5.92.